The molecule has 0 spiro atoms. The molecule has 1 aromatic carbocycles. The first-order valence-electron chi connectivity index (χ1n) is 6.42. The second-order valence-corrected chi connectivity index (χ2v) is 4.53. The minimum absolute atomic E-state index is 0.125. The first-order chi connectivity index (χ1) is 10.1. The molecule has 6 heteroatoms. The van der Waals surface area contributed by atoms with Gasteiger partial charge in [0.2, 0.25) is 5.91 Å². The Morgan fingerprint density at radius 2 is 2.10 bits per heavy atom. The highest BCUT2D eigenvalue weighted by Crippen LogP contribution is 2.15. The van der Waals surface area contributed by atoms with Gasteiger partial charge >= 0.3 is 0 Å². The molecule has 0 bridgehead atoms. The fraction of sp³-hybridized carbons (Fsp3) is 0.200. The van der Waals surface area contributed by atoms with Crippen molar-refractivity contribution in [1.29, 1.82) is 0 Å². The van der Waals surface area contributed by atoms with Crippen molar-refractivity contribution in [1.82, 2.24) is 5.32 Å². The third-order valence-corrected chi connectivity index (χ3v) is 2.88. The minimum atomic E-state index is -0.349. The fourth-order valence-corrected chi connectivity index (χ4v) is 1.77. The van der Waals surface area contributed by atoms with Crippen molar-refractivity contribution < 1.29 is 18.4 Å². The maximum atomic E-state index is 12.9. The average Bonchev–Trinajstić information content (AvgIpc) is 2.96. The normalized spacial score (nSPS) is 10.2. The van der Waals surface area contributed by atoms with Crippen LogP contribution in [0.15, 0.2) is 41.2 Å². The van der Waals surface area contributed by atoms with Crippen molar-refractivity contribution in [2.24, 2.45) is 0 Å². The Balaban J connectivity index is 1.78. The highest BCUT2D eigenvalue weighted by molar-refractivity contribution is 5.95. The smallest absolute Gasteiger partial charge is 0.254 e. The van der Waals surface area contributed by atoms with E-state index >= 15 is 0 Å². The van der Waals surface area contributed by atoms with Gasteiger partial charge in [0, 0.05) is 18.7 Å². The molecule has 110 valence electrons. The molecule has 0 saturated heterocycles. The van der Waals surface area contributed by atoms with Gasteiger partial charge in [0.15, 0.2) is 0 Å². The third kappa shape index (κ3) is 4.17. The zero-order valence-electron chi connectivity index (χ0n) is 11.5. The van der Waals surface area contributed by atoms with Gasteiger partial charge in [-0.25, -0.2) is 4.39 Å². The summed E-state index contributed by atoms with van der Waals surface area (Å²) in [6.45, 7) is 1.91. The van der Waals surface area contributed by atoms with Crippen LogP contribution in [0.5, 0.6) is 0 Å². The van der Waals surface area contributed by atoms with Crippen LogP contribution in [0, 0.1) is 12.7 Å². The Morgan fingerprint density at radius 3 is 2.76 bits per heavy atom. The zero-order valence-corrected chi connectivity index (χ0v) is 11.5. The Morgan fingerprint density at radius 1 is 1.29 bits per heavy atom. The van der Waals surface area contributed by atoms with E-state index < -0.39 is 0 Å². The van der Waals surface area contributed by atoms with E-state index in [2.05, 4.69) is 10.6 Å². The number of amides is 2. The van der Waals surface area contributed by atoms with Gasteiger partial charge in [-0.15, -0.1) is 0 Å². The van der Waals surface area contributed by atoms with Gasteiger partial charge in [-0.3, -0.25) is 9.59 Å². The predicted octanol–water partition coefficient (Wildman–Crippen LogP) is 2.49. The monoisotopic (exact) mass is 290 g/mol. The van der Waals surface area contributed by atoms with Crippen molar-refractivity contribution in [2.45, 2.75) is 13.3 Å². The summed E-state index contributed by atoms with van der Waals surface area (Å²) in [6, 6.07) is 5.67. The topological polar surface area (TPSA) is 71.3 Å². The number of furan rings is 1. The first kappa shape index (κ1) is 14.8. The maximum Gasteiger partial charge on any atom is 0.254 e. The fourth-order valence-electron chi connectivity index (χ4n) is 1.77. The number of benzene rings is 1. The average molecular weight is 290 g/mol. The first-order valence-corrected chi connectivity index (χ1v) is 6.42. The number of anilines is 1. The maximum absolute atomic E-state index is 12.9. The van der Waals surface area contributed by atoms with E-state index in [0.717, 1.165) is 0 Å². The molecule has 0 unspecified atom stereocenters. The summed E-state index contributed by atoms with van der Waals surface area (Å²) in [4.78, 5) is 23.3. The number of rotatable bonds is 5. The number of aryl methyl sites for hydroxylation is 1. The molecule has 2 N–H and O–H groups in total. The standard InChI is InChI=1S/C15H15FN2O3/c1-10-8-12(16)2-3-13(10)18-14(19)4-6-17-15(20)11-5-7-21-9-11/h2-3,5,7-9H,4,6H2,1H3,(H,17,20)(H,18,19). The highest BCUT2D eigenvalue weighted by atomic mass is 19.1. The van der Waals surface area contributed by atoms with E-state index in [1.807, 2.05) is 0 Å². The minimum Gasteiger partial charge on any atom is -0.472 e. The molecular formula is C15H15FN2O3. The van der Waals surface area contributed by atoms with Crippen LogP contribution in [0.1, 0.15) is 22.3 Å². The molecule has 0 aliphatic rings. The Hall–Kier alpha value is -2.63. The molecule has 1 heterocycles. The van der Waals surface area contributed by atoms with Gasteiger partial charge in [-0.05, 0) is 36.8 Å². The number of halogens is 1. The molecule has 0 atom stereocenters. The second-order valence-electron chi connectivity index (χ2n) is 4.53. The molecule has 0 aliphatic carbocycles. The van der Waals surface area contributed by atoms with E-state index in [1.54, 1.807) is 6.92 Å². The van der Waals surface area contributed by atoms with Crippen LogP contribution in [-0.2, 0) is 4.79 Å². The van der Waals surface area contributed by atoms with Gasteiger partial charge < -0.3 is 15.1 Å². The molecule has 2 amide bonds. The highest BCUT2D eigenvalue weighted by Gasteiger charge is 2.08. The van der Waals surface area contributed by atoms with Gasteiger partial charge in [-0.2, -0.15) is 0 Å². The molecular weight excluding hydrogens is 275 g/mol. The van der Waals surface area contributed by atoms with E-state index in [0.29, 0.717) is 16.8 Å². The molecule has 2 rings (SSSR count). The molecule has 0 aliphatic heterocycles. The number of hydrogen-bond acceptors (Lipinski definition) is 3. The molecule has 0 saturated carbocycles. The number of carbonyl (C=O) groups is 2. The summed E-state index contributed by atoms with van der Waals surface area (Å²) >= 11 is 0. The lowest BCUT2D eigenvalue weighted by atomic mass is 10.2. The lowest BCUT2D eigenvalue weighted by Gasteiger charge is -2.08. The van der Waals surface area contributed by atoms with Crippen LogP contribution in [-0.4, -0.2) is 18.4 Å². The Labute approximate surface area is 121 Å². The Kier molecular flexibility index (Phi) is 4.71. The van der Waals surface area contributed by atoms with Crippen molar-refractivity contribution in [3.05, 3.63) is 53.7 Å². The number of carbonyl (C=O) groups excluding carboxylic acids is 2. The predicted molar refractivity (Wildman–Crippen MR) is 75.4 cm³/mol. The van der Waals surface area contributed by atoms with Crippen LogP contribution in [0.3, 0.4) is 0 Å². The van der Waals surface area contributed by atoms with Crippen LogP contribution >= 0.6 is 0 Å². The summed E-state index contributed by atoms with van der Waals surface area (Å²) in [7, 11) is 0. The summed E-state index contributed by atoms with van der Waals surface area (Å²) in [6.07, 6.45) is 2.86. The van der Waals surface area contributed by atoms with Gasteiger partial charge in [0.05, 0.1) is 11.8 Å². The molecule has 2 aromatic rings. The van der Waals surface area contributed by atoms with Gasteiger partial charge in [0.1, 0.15) is 12.1 Å². The molecule has 5 nitrogen and oxygen atoms in total. The summed E-state index contributed by atoms with van der Waals surface area (Å²) in [5.41, 5.74) is 1.61. The quantitative estimate of drug-likeness (QED) is 0.888. The molecule has 0 fully saturated rings. The van der Waals surface area contributed by atoms with E-state index in [4.69, 9.17) is 4.42 Å². The largest absolute Gasteiger partial charge is 0.472 e. The molecule has 21 heavy (non-hydrogen) atoms. The molecule has 0 radical (unpaired) electrons. The number of hydrogen-bond donors (Lipinski definition) is 2. The third-order valence-electron chi connectivity index (χ3n) is 2.88. The van der Waals surface area contributed by atoms with Crippen molar-refractivity contribution >= 4 is 17.5 Å². The van der Waals surface area contributed by atoms with Crippen molar-refractivity contribution in [2.75, 3.05) is 11.9 Å². The van der Waals surface area contributed by atoms with Crippen LogP contribution < -0.4 is 10.6 Å². The van der Waals surface area contributed by atoms with Crippen LogP contribution in [0.4, 0.5) is 10.1 Å². The summed E-state index contributed by atoms with van der Waals surface area (Å²) < 4.78 is 17.7. The Bertz CT molecular complexity index is 638. The van der Waals surface area contributed by atoms with Crippen LogP contribution in [0.2, 0.25) is 0 Å². The lowest BCUT2D eigenvalue weighted by Crippen LogP contribution is -2.27. The van der Waals surface area contributed by atoms with Crippen molar-refractivity contribution in [3.8, 4) is 0 Å². The summed E-state index contributed by atoms with van der Waals surface area (Å²) in [5, 5.41) is 5.28. The SMILES string of the molecule is Cc1cc(F)ccc1NC(=O)CCNC(=O)c1ccoc1. The number of nitrogens with one attached hydrogen (secondary N) is 2. The van der Waals surface area contributed by atoms with E-state index in [9.17, 15) is 14.0 Å². The summed E-state index contributed by atoms with van der Waals surface area (Å²) in [5.74, 6) is -0.899. The second kappa shape index (κ2) is 6.69. The van der Waals surface area contributed by atoms with Crippen LogP contribution in [0.25, 0.3) is 0 Å². The van der Waals surface area contributed by atoms with E-state index in [1.165, 1.54) is 36.8 Å². The molecule has 1 aromatic heterocycles. The van der Waals surface area contributed by atoms with Gasteiger partial charge in [-0.1, -0.05) is 0 Å². The zero-order chi connectivity index (χ0) is 15.2. The lowest BCUT2D eigenvalue weighted by molar-refractivity contribution is -0.116. The van der Waals surface area contributed by atoms with Gasteiger partial charge in [0.25, 0.3) is 5.91 Å². The van der Waals surface area contributed by atoms with Crippen molar-refractivity contribution in [3.63, 3.8) is 0 Å². The van der Waals surface area contributed by atoms with E-state index in [-0.39, 0.29) is 30.6 Å².